The standard InChI is InChI=1S/C21H29N3O5/c1-22-21(24-14-7-8-17(26-3)20(11-14)29-6)23-10-9-16-18(27-4)12-15(25-2)13-19(16)28-5/h7-8,11-13H,9-10H2,1-6H3,(H2,22,23,24). The third-order valence-corrected chi connectivity index (χ3v) is 4.35. The van der Waals surface area contributed by atoms with Gasteiger partial charge in [-0.3, -0.25) is 4.99 Å². The van der Waals surface area contributed by atoms with Crippen molar-refractivity contribution in [3.05, 3.63) is 35.9 Å². The van der Waals surface area contributed by atoms with Crippen LogP contribution in [0, 0.1) is 0 Å². The Morgan fingerprint density at radius 3 is 1.93 bits per heavy atom. The van der Waals surface area contributed by atoms with Crippen LogP contribution in [0.4, 0.5) is 5.69 Å². The number of benzene rings is 2. The summed E-state index contributed by atoms with van der Waals surface area (Å²) in [5, 5.41) is 6.53. The van der Waals surface area contributed by atoms with Crippen LogP contribution in [-0.2, 0) is 6.42 Å². The highest BCUT2D eigenvalue weighted by Gasteiger charge is 2.13. The summed E-state index contributed by atoms with van der Waals surface area (Å²) in [6.07, 6.45) is 0.670. The fourth-order valence-corrected chi connectivity index (χ4v) is 2.86. The molecular formula is C21H29N3O5. The maximum absolute atomic E-state index is 5.50. The van der Waals surface area contributed by atoms with Crippen molar-refractivity contribution in [2.24, 2.45) is 4.99 Å². The number of anilines is 1. The van der Waals surface area contributed by atoms with Gasteiger partial charge in [0, 0.05) is 43.0 Å². The van der Waals surface area contributed by atoms with Crippen LogP contribution in [0.2, 0.25) is 0 Å². The molecule has 0 unspecified atom stereocenters. The van der Waals surface area contributed by atoms with Gasteiger partial charge < -0.3 is 34.3 Å². The summed E-state index contributed by atoms with van der Waals surface area (Å²) in [5.74, 6) is 4.04. The maximum atomic E-state index is 5.50. The summed E-state index contributed by atoms with van der Waals surface area (Å²) in [7, 11) is 9.78. The van der Waals surface area contributed by atoms with E-state index in [1.165, 1.54) is 0 Å². The molecule has 0 aliphatic rings. The highest BCUT2D eigenvalue weighted by molar-refractivity contribution is 5.93. The second-order valence-electron chi connectivity index (χ2n) is 5.95. The normalized spacial score (nSPS) is 10.9. The SMILES string of the molecule is CN=C(NCCc1c(OC)cc(OC)cc1OC)Nc1ccc(OC)c(OC)c1. The van der Waals surface area contributed by atoms with E-state index in [9.17, 15) is 0 Å². The molecule has 2 rings (SSSR count). The van der Waals surface area contributed by atoms with E-state index >= 15 is 0 Å². The van der Waals surface area contributed by atoms with Crippen LogP contribution in [0.5, 0.6) is 28.7 Å². The third kappa shape index (κ3) is 5.60. The molecule has 0 bridgehead atoms. The van der Waals surface area contributed by atoms with E-state index in [1.54, 1.807) is 42.6 Å². The second-order valence-corrected chi connectivity index (χ2v) is 5.95. The topological polar surface area (TPSA) is 82.6 Å². The number of guanidine groups is 1. The Morgan fingerprint density at radius 1 is 0.793 bits per heavy atom. The van der Waals surface area contributed by atoms with Gasteiger partial charge in [-0.15, -0.1) is 0 Å². The summed E-state index contributed by atoms with van der Waals surface area (Å²) >= 11 is 0. The predicted octanol–water partition coefficient (Wildman–Crippen LogP) is 2.96. The highest BCUT2D eigenvalue weighted by Crippen LogP contribution is 2.34. The van der Waals surface area contributed by atoms with E-state index in [2.05, 4.69) is 15.6 Å². The van der Waals surface area contributed by atoms with E-state index < -0.39 is 0 Å². The van der Waals surface area contributed by atoms with Crippen molar-refractivity contribution in [2.45, 2.75) is 6.42 Å². The average molecular weight is 403 g/mol. The smallest absolute Gasteiger partial charge is 0.195 e. The van der Waals surface area contributed by atoms with Crippen molar-refractivity contribution in [3.63, 3.8) is 0 Å². The molecule has 0 fully saturated rings. The Kier molecular flexibility index (Phi) is 8.27. The maximum Gasteiger partial charge on any atom is 0.195 e. The summed E-state index contributed by atoms with van der Waals surface area (Å²) in [6.45, 7) is 0.617. The Hall–Kier alpha value is -3.29. The van der Waals surface area contributed by atoms with Crippen molar-refractivity contribution < 1.29 is 23.7 Å². The minimum Gasteiger partial charge on any atom is -0.496 e. The molecule has 8 heteroatoms. The van der Waals surface area contributed by atoms with Crippen molar-refractivity contribution >= 4 is 11.6 Å². The monoisotopic (exact) mass is 403 g/mol. The van der Waals surface area contributed by atoms with E-state index in [0.29, 0.717) is 47.7 Å². The first-order valence-electron chi connectivity index (χ1n) is 9.08. The number of ether oxygens (including phenoxy) is 5. The summed E-state index contributed by atoms with van der Waals surface area (Å²) in [4.78, 5) is 4.27. The Bertz CT molecular complexity index is 814. The zero-order chi connectivity index (χ0) is 21.2. The van der Waals surface area contributed by atoms with Crippen molar-refractivity contribution in [3.8, 4) is 28.7 Å². The van der Waals surface area contributed by atoms with Gasteiger partial charge in [-0.05, 0) is 18.6 Å². The zero-order valence-electron chi connectivity index (χ0n) is 17.8. The van der Waals surface area contributed by atoms with Gasteiger partial charge in [0.1, 0.15) is 17.2 Å². The first-order chi connectivity index (χ1) is 14.1. The molecule has 158 valence electrons. The molecule has 8 nitrogen and oxygen atoms in total. The molecule has 29 heavy (non-hydrogen) atoms. The van der Waals surface area contributed by atoms with Crippen LogP contribution in [0.25, 0.3) is 0 Å². The fraction of sp³-hybridized carbons (Fsp3) is 0.381. The van der Waals surface area contributed by atoms with Gasteiger partial charge in [-0.1, -0.05) is 0 Å². The van der Waals surface area contributed by atoms with Crippen molar-refractivity contribution in [1.82, 2.24) is 5.32 Å². The first-order valence-corrected chi connectivity index (χ1v) is 9.08. The number of rotatable bonds is 9. The summed E-state index contributed by atoms with van der Waals surface area (Å²) in [5.41, 5.74) is 1.78. The van der Waals surface area contributed by atoms with Crippen LogP contribution in [0.3, 0.4) is 0 Å². The molecule has 2 N–H and O–H groups in total. The van der Waals surface area contributed by atoms with Crippen LogP contribution in [0.1, 0.15) is 5.56 Å². The molecule has 2 aromatic carbocycles. The number of nitrogens with one attached hydrogen (secondary N) is 2. The molecule has 2 aromatic rings. The number of nitrogens with zero attached hydrogens (tertiary/aromatic N) is 1. The molecule has 0 atom stereocenters. The third-order valence-electron chi connectivity index (χ3n) is 4.35. The van der Waals surface area contributed by atoms with Gasteiger partial charge in [0.2, 0.25) is 0 Å². The van der Waals surface area contributed by atoms with E-state index in [4.69, 9.17) is 23.7 Å². The molecule has 0 aromatic heterocycles. The summed E-state index contributed by atoms with van der Waals surface area (Å²) in [6, 6.07) is 9.26. The van der Waals surface area contributed by atoms with Crippen molar-refractivity contribution in [2.75, 3.05) is 54.5 Å². The lowest BCUT2D eigenvalue weighted by Crippen LogP contribution is -2.32. The molecule has 0 aliphatic heterocycles. The van der Waals surface area contributed by atoms with Gasteiger partial charge >= 0.3 is 0 Å². The predicted molar refractivity (Wildman–Crippen MR) is 114 cm³/mol. The minimum absolute atomic E-state index is 0.617. The zero-order valence-corrected chi connectivity index (χ0v) is 17.8. The van der Waals surface area contributed by atoms with Crippen LogP contribution < -0.4 is 34.3 Å². The van der Waals surface area contributed by atoms with Gasteiger partial charge in [-0.25, -0.2) is 0 Å². The van der Waals surface area contributed by atoms with Crippen LogP contribution in [0.15, 0.2) is 35.3 Å². The van der Waals surface area contributed by atoms with E-state index in [1.807, 2.05) is 30.3 Å². The van der Waals surface area contributed by atoms with Crippen molar-refractivity contribution in [1.29, 1.82) is 0 Å². The molecule has 0 saturated carbocycles. The molecule has 0 saturated heterocycles. The van der Waals surface area contributed by atoms with Gasteiger partial charge in [-0.2, -0.15) is 0 Å². The first kappa shape index (κ1) is 22.0. The minimum atomic E-state index is 0.617. The van der Waals surface area contributed by atoms with E-state index in [0.717, 1.165) is 11.3 Å². The fourth-order valence-electron chi connectivity index (χ4n) is 2.86. The van der Waals surface area contributed by atoms with Gasteiger partial charge in [0.25, 0.3) is 0 Å². The molecule has 0 spiro atoms. The average Bonchev–Trinajstić information content (AvgIpc) is 2.77. The lowest BCUT2D eigenvalue weighted by atomic mass is 10.1. The van der Waals surface area contributed by atoms with Crippen LogP contribution >= 0.6 is 0 Å². The lowest BCUT2D eigenvalue weighted by Gasteiger charge is -2.17. The Balaban J connectivity index is 2.06. The Morgan fingerprint density at radius 2 is 1.41 bits per heavy atom. The molecule has 0 amide bonds. The summed E-state index contributed by atoms with van der Waals surface area (Å²) < 4.78 is 26.9. The Labute approximate surface area is 171 Å². The highest BCUT2D eigenvalue weighted by atomic mass is 16.5. The lowest BCUT2D eigenvalue weighted by molar-refractivity contribution is 0.355. The number of hydrogen-bond donors (Lipinski definition) is 2. The molecule has 0 aliphatic carbocycles. The second kappa shape index (κ2) is 10.9. The van der Waals surface area contributed by atoms with E-state index in [-0.39, 0.29) is 0 Å². The molecule has 0 heterocycles. The molecule has 0 radical (unpaired) electrons. The quantitative estimate of drug-likeness (QED) is 0.492. The van der Waals surface area contributed by atoms with Crippen LogP contribution in [-0.4, -0.2) is 55.1 Å². The number of aliphatic imine (C=N–C) groups is 1. The largest absolute Gasteiger partial charge is 0.496 e. The van der Waals surface area contributed by atoms with Gasteiger partial charge in [0.05, 0.1) is 35.5 Å². The number of hydrogen-bond acceptors (Lipinski definition) is 6. The molecular weight excluding hydrogens is 374 g/mol. The number of methoxy groups -OCH3 is 5. The van der Waals surface area contributed by atoms with Gasteiger partial charge in [0.15, 0.2) is 17.5 Å².